The van der Waals surface area contributed by atoms with Crippen LogP contribution in [0.2, 0.25) is 5.02 Å². The molecule has 5 nitrogen and oxygen atoms in total. The average Bonchev–Trinajstić information content (AvgIpc) is 2.53. The van der Waals surface area contributed by atoms with Gasteiger partial charge in [-0.2, -0.15) is 0 Å². The summed E-state index contributed by atoms with van der Waals surface area (Å²) in [6.07, 6.45) is 1.58. The van der Waals surface area contributed by atoms with Crippen LogP contribution >= 0.6 is 11.6 Å². The lowest BCUT2D eigenvalue weighted by Crippen LogP contribution is -2.19. The minimum absolute atomic E-state index is 0.228. The number of halogens is 1. The quantitative estimate of drug-likeness (QED) is 0.891. The number of rotatable bonds is 5. The van der Waals surface area contributed by atoms with Crippen molar-refractivity contribution in [1.82, 2.24) is 10.3 Å². The minimum atomic E-state index is -0.228. The summed E-state index contributed by atoms with van der Waals surface area (Å²) in [7, 11) is 3.17. The molecule has 0 atom stereocenters. The van der Waals surface area contributed by atoms with Crippen molar-refractivity contribution in [2.75, 3.05) is 19.5 Å². The first kappa shape index (κ1) is 15.1. The second-order valence-corrected chi connectivity index (χ2v) is 4.69. The molecule has 0 spiro atoms. The van der Waals surface area contributed by atoms with E-state index in [2.05, 4.69) is 15.6 Å². The van der Waals surface area contributed by atoms with Gasteiger partial charge in [-0.15, -0.1) is 0 Å². The van der Waals surface area contributed by atoms with Crippen molar-refractivity contribution in [2.45, 2.75) is 6.54 Å². The van der Waals surface area contributed by atoms with Crippen LogP contribution in [-0.2, 0) is 6.54 Å². The molecule has 6 heteroatoms. The number of hydrogen-bond acceptors (Lipinski definition) is 4. The van der Waals surface area contributed by atoms with Gasteiger partial charge in [-0.3, -0.25) is 9.78 Å². The zero-order valence-electron chi connectivity index (χ0n) is 11.8. The summed E-state index contributed by atoms with van der Waals surface area (Å²) in [6.45, 7) is 0.486. The number of ether oxygens (including phenoxy) is 1. The average molecular weight is 306 g/mol. The number of anilines is 1. The number of nitrogens with one attached hydrogen (secondary N) is 2. The first-order valence-corrected chi connectivity index (χ1v) is 6.77. The Hall–Kier alpha value is -2.27. The topological polar surface area (TPSA) is 63.2 Å². The number of methoxy groups -OCH3 is 1. The Kier molecular flexibility index (Phi) is 5.00. The zero-order chi connectivity index (χ0) is 15.2. The standard InChI is InChI=1S/C15H16ClN3O2/c1-17-15(20)13-8-10(6-7-18-13)19-9-11-12(16)4-3-5-14(11)21-2/h3-8H,9H2,1-2H3,(H,17,20)(H,18,19). The highest BCUT2D eigenvalue weighted by atomic mass is 35.5. The first-order chi connectivity index (χ1) is 10.2. The summed E-state index contributed by atoms with van der Waals surface area (Å²) in [6, 6.07) is 8.97. The highest BCUT2D eigenvalue weighted by molar-refractivity contribution is 6.31. The molecule has 0 aliphatic heterocycles. The summed E-state index contributed by atoms with van der Waals surface area (Å²) < 4.78 is 5.29. The molecule has 21 heavy (non-hydrogen) atoms. The predicted octanol–water partition coefficient (Wildman–Crippen LogP) is 2.72. The number of pyridine rings is 1. The van der Waals surface area contributed by atoms with Crippen molar-refractivity contribution >= 4 is 23.2 Å². The van der Waals surface area contributed by atoms with E-state index in [0.29, 0.717) is 17.3 Å². The Morgan fingerprint density at radius 1 is 1.38 bits per heavy atom. The van der Waals surface area contributed by atoms with Gasteiger partial charge in [0, 0.05) is 36.1 Å². The third-order valence-corrected chi connectivity index (χ3v) is 3.34. The summed E-state index contributed by atoms with van der Waals surface area (Å²) in [5.41, 5.74) is 2.00. The lowest BCUT2D eigenvalue weighted by Gasteiger charge is -2.12. The third-order valence-electron chi connectivity index (χ3n) is 2.98. The van der Waals surface area contributed by atoms with E-state index in [0.717, 1.165) is 17.0 Å². The molecule has 0 unspecified atom stereocenters. The fraction of sp³-hybridized carbons (Fsp3) is 0.200. The number of nitrogens with zero attached hydrogens (tertiary/aromatic N) is 1. The lowest BCUT2D eigenvalue weighted by atomic mass is 10.2. The van der Waals surface area contributed by atoms with Crippen LogP contribution in [0.4, 0.5) is 5.69 Å². The highest BCUT2D eigenvalue weighted by Gasteiger charge is 2.09. The van der Waals surface area contributed by atoms with E-state index in [9.17, 15) is 4.79 Å². The van der Waals surface area contributed by atoms with Crippen LogP contribution in [-0.4, -0.2) is 25.0 Å². The van der Waals surface area contributed by atoms with E-state index in [-0.39, 0.29) is 5.91 Å². The SMILES string of the molecule is CNC(=O)c1cc(NCc2c(Cl)cccc2OC)ccn1. The third kappa shape index (κ3) is 3.64. The molecule has 2 rings (SSSR count). The van der Waals surface area contributed by atoms with Gasteiger partial charge >= 0.3 is 0 Å². The molecule has 0 saturated carbocycles. The predicted molar refractivity (Wildman–Crippen MR) is 83.0 cm³/mol. The molecule has 110 valence electrons. The maximum absolute atomic E-state index is 11.6. The molecule has 0 aliphatic rings. The van der Waals surface area contributed by atoms with E-state index in [1.54, 1.807) is 32.5 Å². The van der Waals surface area contributed by atoms with Crippen molar-refractivity contribution in [3.63, 3.8) is 0 Å². The Labute approximate surface area is 128 Å². The van der Waals surface area contributed by atoms with Crippen LogP contribution < -0.4 is 15.4 Å². The van der Waals surface area contributed by atoms with Crippen molar-refractivity contribution in [2.24, 2.45) is 0 Å². The van der Waals surface area contributed by atoms with Crippen molar-refractivity contribution in [1.29, 1.82) is 0 Å². The first-order valence-electron chi connectivity index (χ1n) is 6.39. The molecule has 0 saturated heterocycles. The van der Waals surface area contributed by atoms with Gasteiger partial charge in [-0.05, 0) is 24.3 Å². The highest BCUT2D eigenvalue weighted by Crippen LogP contribution is 2.27. The Morgan fingerprint density at radius 3 is 2.90 bits per heavy atom. The van der Waals surface area contributed by atoms with Gasteiger partial charge in [0.05, 0.1) is 7.11 Å². The molecular weight excluding hydrogens is 290 g/mol. The monoisotopic (exact) mass is 305 g/mol. The van der Waals surface area contributed by atoms with E-state index < -0.39 is 0 Å². The van der Waals surface area contributed by atoms with E-state index in [1.165, 1.54) is 0 Å². The van der Waals surface area contributed by atoms with Gasteiger partial charge < -0.3 is 15.4 Å². The molecule has 2 N–H and O–H groups in total. The molecule has 1 amide bonds. The van der Waals surface area contributed by atoms with Crippen LogP contribution in [0.1, 0.15) is 16.1 Å². The second-order valence-electron chi connectivity index (χ2n) is 4.28. The van der Waals surface area contributed by atoms with E-state index >= 15 is 0 Å². The molecule has 0 radical (unpaired) electrons. The summed E-state index contributed by atoms with van der Waals surface area (Å²) in [5, 5.41) is 6.38. The van der Waals surface area contributed by atoms with Gasteiger partial charge in [-0.25, -0.2) is 0 Å². The molecule has 1 aromatic heterocycles. The molecule has 0 bridgehead atoms. The molecule has 1 aromatic carbocycles. The number of amides is 1. The molecular formula is C15H16ClN3O2. The number of aromatic nitrogens is 1. The van der Waals surface area contributed by atoms with Crippen LogP contribution in [0.3, 0.4) is 0 Å². The normalized spacial score (nSPS) is 10.0. The summed E-state index contributed by atoms with van der Waals surface area (Å²) in [4.78, 5) is 15.6. The van der Waals surface area contributed by atoms with Crippen LogP contribution in [0.15, 0.2) is 36.5 Å². The van der Waals surface area contributed by atoms with Crippen LogP contribution in [0, 0.1) is 0 Å². The number of carbonyl (C=O) groups is 1. The van der Waals surface area contributed by atoms with Gasteiger partial charge in [-0.1, -0.05) is 17.7 Å². The minimum Gasteiger partial charge on any atom is -0.496 e. The maximum Gasteiger partial charge on any atom is 0.269 e. The maximum atomic E-state index is 11.6. The molecule has 0 aliphatic carbocycles. The molecule has 0 fully saturated rings. The van der Waals surface area contributed by atoms with Gasteiger partial charge in [0.2, 0.25) is 0 Å². The number of carbonyl (C=O) groups excluding carboxylic acids is 1. The second kappa shape index (κ2) is 6.95. The summed E-state index contributed by atoms with van der Waals surface area (Å²) in [5.74, 6) is 0.490. The largest absolute Gasteiger partial charge is 0.496 e. The van der Waals surface area contributed by atoms with Crippen molar-refractivity contribution in [3.8, 4) is 5.75 Å². The van der Waals surface area contributed by atoms with Gasteiger partial charge in [0.1, 0.15) is 11.4 Å². The van der Waals surface area contributed by atoms with E-state index in [1.807, 2.05) is 18.2 Å². The van der Waals surface area contributed by atoms with Crippen molar-refractivity contribution < 1.29 is 9.53 Å². The zero-order valence-corrected chi connectivity index (χ0v) is 12.6. The molecule has 1 heterocycles. The van der Waals surface area contributed by atoms with Crippen LogP contribution in [0.5, 0.6) is 5.75 Å². The fourth-order valence-electron chi connectivity index (χ4n) is 1.88. The Morgan fingerprint density at radius 2 is 2.19 bits per heavy atom. The van der Waals surface area contributed by atoms with Gasteiger partial charge in [0.15, 0.2) is 0 Å². The lowest BCUT2D eigenvalue weighted by molar-refractivity contribution is 0.0958. The smallest absolute Gasteiger partial charge is 0.269 e. The number of hydrogen-bond donors (Lipinski definition) is 2. The van der Waals surface area contributed by atoms with Crippen molar-refractivity contribution in [3.05, 3.63) is 52.8 Å². The number of benzene rings is 1. The van der Waals surface area contributed by atoms with Crippen LogP contribution in [0.25, 0.3) is 0 Å². The Bertz CT molecular complexity index is 647. The fourth-order valence-corrected chi connectivity index (χ4v) is 2.12. The summed E-state index contributed by atoms with van der Waals surface area (Å²) >= 11 is 6.18. The molecule has 2 aromatic rings. The van der Waals surface area contributed by atoms with Gasteiger partial charge in [0.25, 0.3) is 5.91 Å². The van der Waals surface area contributed by atoms with E-state index in [4.69, 9.17) is 16.3 Å². The Balaban J connectivity index is 2.15.